The number of rotatable bonds is 5. The highest BCUT2D eigenvalue weighted by Crippen LogP contribution is 2.30. The fraction of sp³-hybridized carbons (Fsp3) is 0.333. The lowest BCUT2D eigenvalue weighted by atomic mass is 10.0. The highest BCUT2D eigenvalue weighted by atomic mass is 35.5. The summed E-state index contributed by atoms with van der Waals surface area (Å²) in [6.07, 6.45) is 4.93. The van der Waals surface area contributed by atoms with Crippen molar-refractivity contribution in [2.75, 3.05) is 12.3 Å². The van der Waals surface area contributed by atoms with Gasteiger partial charge < -0.3 is 15.6 Å². The third kappa shape index (κ3) is 4.17. The number of benzene rings is 2. The average Bonchev–Trinajstić information content (AvgIpc) is 2.93. The van der Waals surface area contributed by atoms with Crippen molar-refractivity contribution in [2.45, 2.75) is 38.8 Å². The first kappa shape index (κ1) is 20.6. The number of nitrogens with two attached hydrogens (primary N) is 1. The van der Waals surface area contributed by atoms with Gasteiger partial charge in [-0.25, -0.2) is 0 Å². The number of aryl methyl sites for hydroxylation is 1. The number of fused-ring (bicyclic) bond motifs is 3. The molecule has 0 radical (unpaired) electrons. The predicted molar refractivity (Wildman–Crippen MR) is 116 cm³/mol. The van der Waals surface area contributed by atoms with Crippen molar-refractivity contribution in [3.8, 4) is 0 Å². The molecule has 0 saturated carbocycles. The molecular weight excluding hydrogens is 365 g/mol. The molecule has 3 aromatic rings. The van der Waals surface area contributed by atoms with E-state index in [4.69, 9.17) is 5.73 Å². The molecule has 0 fully saturated rings. The largest absolute Gasteiger partial charge is 0.399 e. The molecule has 3 nitrogen and oxygen atoms in total. The smallest absolute Gasteiger partial charge is 0.0485 e. The van der Waals surface area contributed by atoms with Crippen LogP contribution < -0.4 is 11.1 Å². The van der Waals surface area contributed by atoms with E-state index in [1.165, 1.54) is 42.3 Å². The zero-order valence-electron chi connectivity index (χ0n) is 14.9. The van der Waals surface area contributed by atoms with Gasteiger partial charge in [0, 0.05) is 35.4 Å². The van der Waals surface area contributed by atoms with Crippen LogP contribution in [0.1, 0.15) is 29.7 Å². The van der Waals surface area contributed by atoms with Crippen molar-refractivity contribution in [2.24, 2.45) is 0 Å². The van der Waals surface area contributed by atoms with E-state index in [1.54, 1.807) is 11.3 Å². The van der Waals surface area contributed by atoms with E-state index in [9.17, 15) is 0 Å². The summed E-state index contributed by atoms with van der Waals surface area (Å²) in [5, 5.41) is 5.02. The SMILES string of the molecule is Cl.Cl.Nc1cccc(CNCCc2c3n(c4ccccc24)CCCC3)c1. The Balaban J connectivity index is 0.00000121. The Kier molecular flexibility index (Phi) is 7.39. The molecule has 0 saturated heterocycles. The Bertz CT molecular complexity index is 858. The molecule has 3 N–H and O–H groups in total. The van der Waals surface area contributed by atoms with Gasteiger partial charge in [0.25, 0.3) is 0 Å². The van der Waals surface area contributed by atoms with Gasteiger partial charge in [-0.3, -0.25) is 0 Å². The van der Waals surface area contributed by atoms with Crippen LogP contribution in [-0.2, 0) is 25.9 Å². The molecule has 2 heterocycles. The van der Waals surface area contributed by atoms with Crippen LogP contribution in [0.3, 0.4) is 0 Å². The maximum atomic E-state index is 5.85. The van der Waals surface area contributed by atoms with Crippen molar-refractivity contribution in [1.82, 2.24) is 9.88 Å². The highest BCUT2D eigenvalue weighted by molar-refractivity contribution is 5.86. The molecule has 26 heavy (non-hydrogen) atoms. The van der Waals surface area contributed by atoms with Gasteiger partial charge in [-0.1, -0.05) is 30.3 Å². The Morgan fingerprint density at radius 1 is 1.00 bits per heavy atom. The Hall–Kier alpha value is -1.68. The van der Waals surface area contributed by atoms with E-state index in [-0.39, 0.29) is 24.8 Å². The topological polar surface area (TPSA) is 43.0 Å². The Morgan fingerprint density at radius 2 is 1.85 bits per heavy atom. The van der Waals surface area contributed by atoms with Crippen molar-refractivity contribution >= 4 is 41.4 Å². The zero-order chi connectivity index (χ0) is 16.4. The summed E-state index contributed by atoms with van der Waals surface area (Å²) in [7, 11) is 0. The summed E-state index contributed by atoms with van der Waals surface area (Å²) in [4.78, 5) is 0. The van der Waals surface area contributed by atoms with Gasteiger partial charge in [-0.05, 0) is 61.6 Å². The lowest BCUT2D eigenvalue weighted by Gasteiger charge is -2.17. The molecule has 0 spiro atoms. The molecule has 5 heteroatoms. The molecule has 0 bridgehead atoms. The quantitative estimate of drug-likeness (QED) is 0.487. The standard InChI is InChI=1S/C21H25N3.2ClH/c22-17-7-5-6-16(14-17)15-23-12-11-19-18-8-1-2-9-20(18)24-13-4-3-10-21(19)24;;/h1-2,5-9,14,23H,3-4,10-13,15,22H2;2*1H. The molecule has 2 aromatic carbocycles. The number of nitrogen functional groups attached to an aromatic ring is 1. The normalized spacial score (nSPS) is 12.9. The zero-order valence-corrected chi connectivity index (χ0v) is 16.5. The van der Waals surface area contributed by atoms with Crippen LogP contribution in [0, 0.1) is 0 Å². The van der Waals surface area contributed by atoms with Gasteiger partial charge in [0.15, 0.2) is 0 Å². The molecule has 0 amide bonds. The monoisotopic (exact) mass is 391 g/mol. The minimum atomic E-state index is 0. The number of para-hydroxylation sites is 1. The Labute approximate surface area is 167 Å². The first-order chi connectivity index (χ1) is 11.8. The predicted octanol–water partition coefficient (Wildman–Crippen LogP) is 4.74. The number of halogens is 2. The van der Waals surface area contributed by atoms with Gasteiger partial charge in [-0.15, -0.1) is 24.8 Å². The summed E-state index contributed by atoms with van der Waals surface area (Å²) < 4.78 is 2.55. The number of hydrogen-bond donors (Lipinski definition) is 2. The van der Waals surface area contributed by atoms with E-state index >= 15 is 0 Å². The van der Waals surface area contributed by atoms with Crippen LogP contribution in [0.25, 0.3) is 10.9 Å². The van der Waals surface area contributed by atoms with Crippen LogP contribution in [0.15, 0.2) is 48.5 Å². The van der Waals surface area contributed by atoms with Gasteiger partial charge in [0.2, 0.25) is 0 Å². The maximum Gasteiger partial charge on any atom is 0.0485 e. The molecule has 0 atom stereocenters. The maximum absolute atomic E-state index is 5.85. The third-order valence-corrected chi connectivity index (χ3v) is 5.07. The summed E-state index contributed by atoms with van der Waals surface area (Å²) >= 11 is 0. The lowest BCUT2D eigenvalue weighted by molar-refractivity contribution is 0.539. The van der Waals surface area contributed by atoms with E-state index in [1.807, 2.05) is 18.2 Å². The Morgan fingerprint density at radius 3 is 2.69 bits per heavy atom. The van der Waals surface area contributed by atoms with Crippen molar-refractivity contribution in [1.29, 1.82) is 0 Å². The summed E-state index contributed by atoms with van der Waals surface area (Å²) in [5.74, 6) is 0. The fourth-order valence-electron chi connectivity index (χ4n) is 3.96. The second-order valence-electron chi connectivity index (χ2n) is 6.72. The summed E-state index contributed by atoms with van der Waals surface area (Å²) in [6.45, 7) is 3.04. The lowest BCUT2D eigenvalue weighted by Crippen LogP contribution is -2.18. The third-order valence-electron chi connectivity index (χ3n) is 5.07. The average molecular weight is 392 g/mol. The van der Waals surface area contributed by atoms with E-state index < -0.39 is 0 Å². The number of nitrogens with zero attached hydrogens (tertiary/aromatic N) is 1. The van der Waals surface area contributed by atoms with Gasteiger partial charge >= 0.3 is 0 Å². The minimum Gasteiger partial charge on any atom is -0.399 e. The van der Waals surface area contributed by atoms with Crippen LogP contribution in [-0.4, -0.2) is 11.1 Å². The van der Waals surface area contributed by atoms with Gasteiger partial charge in [0.1, 0.15) is 0 Å². The number of hydrogen-bond acceptors (Lipinski definition) is 2. The molecule has 140 valence electrons. The molecule has 0 unspecified atom stereocenters. The molecule has 4 rings (SSSR count). The summed E-state index contributed by atoms with van der Waals surface area (Å²) in [6, 6.07) is 17.0. The van der Waals surface area contributed by atoms with Crippen LogP contribution in [0.4, 0.5) is 5.69 Å². The molecule has 1 aliphatic heterocycles. The molecular formula is C21H27Cl2N3. The van der Waals surface area contributed by atoms with Crippen LogP contribution >= 0.6 is 24.8 Å². The van der Waals surface area contributed by atoms with Gasteiger partial charge in [-0.2, -0.15) is 0 Å². The van der Waals surface area contributed by atoms with Crippen molar-refractivity contribution in [3.05, 3.63) is 65.4 Å². The van der Waals surface area contributed by atoms with E-state index in [0.717, 1.165) is 25.2 Å². The fourth-order valence-corrected chi connectivity index (χ4v) is 3.96. The number of nitrogens with one attached hydrogen (secondary N) is 1. The van der Waals surface area contributed by atoms with E-state index in [2.05, 4.69) is 40.2 Å². The highest BCUT2D eigenvalue weighted by Gasteiger charge is 2.18. The van der Waals surface area contributed by atoms with Crippen LogP contribution in [0.5, 0.6) is 0 Å². The second kappa shape index (κ2) is 9.31. The van der Waals surface area contributed by atoms with Crippen molar-refractivity contribution < 1.29 is 0 Å². The molecule has 0 aliphatic carbocycles. The van der Waals surface area contributed by atoms with Gasteiger partial charge in [0.05, 0.1) is 0 Å². The number of anilines is 1. The van der Waals surface area contributed by atoms with Crippen LogP contribution in [0.2, 0.25) is 0 Å². The van der Waals surface area contributed by atoms with E-state index in [0.29, 0.717) is 0 Å². The number of aromatic nitrogens is 1. The second-order valence-corrected chi connectivity index (χ2v) is 6.72. The first-order valence-corrected chi connectivity index (χ1v) is 8.97. The summed E-state index contributed by atoms with van der Waals surface area (Å²) in [5.41, 5.74) is 12.5. The first-order valence-electron chi connectivity index (χ1n) is 8.97. The molecule has 1 aliphatic rings. The minimum absolute atomic E-state index is 0. The van der Waals surface area contributed by atoms with Crippen molar-refractivity contribution in [3.63, 3.8) is 0 Å². The molecule has 1 aromatic heterocycles.